The van der Waals surface area contributed by atoms with Gasteiger partial charge in [0.05, 0.1) is 0 Å². The summed E-state index contributed by atoms with van der Waals surface area (Å²) in [6.45, 7) is 4.55. The Morgan fingerprint density at radius 1 is 0.409 bits per heavy atom. The number of carbonyl (C=O) groups excluding carboxylic acids is 1. The summed E-state index contributed by atoms with van der Waals surface area (Å²) in [5.74, 6) is -0.658. The number of carbonyl (C=O) groups is 2. The number of carboxylic acids is 1. The van der Waals surface area contributed by atoms with Gasteiger partial charge in [-0.1, -0.05) is 187 Å². The molecule has 0 saturated carbocycles. The van der Waals surface area contributed by atoms with Crippen LogP contribution in [0.3, 0.4) is 0 Å². The SMILES string of the molecule is CCCCCCCCCCCCCCCCCCCC(=O)OC(CCCCCCCCC)CCCCCCCCCC(=O)O. The average molecular weight is 623 g/mol. The molecule has 0 aromatic rings. The first-order chi connectivity index (χ1) is 21.6. The van der Waals surface area contributed by atoms with Gasteiger partial charge in [-0.15, -0.1) is 0 Å². The van der Waals surface area contributed by atoms with Crippen LogP contribution in [0.1, 0.15) is 239 Å². The largest absolute Gasteiger partial charge is 0.481 e. The molecular weight excluding hydrogens is 544 g/mol. The molecule has 1 N–H and O–H groups in total. The minimum Gasteiger partial charge on any atom is -0.481 e. The molecule has 0 bridgehead atoms. The fraction of sp³-hybridized carbons (Fsp3) is 0.950. The number of esters is 1. The van der Waals surface area contributed by atoms with Crippen molar-refractivity contribution in [3.8, 4) is 0 Å². The molecule has 0 spiro atoms. The van der Waals surface area contributed by atoms with Crippen LogP contribution < -0.4 is 0 Å². The van der Waals surface area contributed by atoms with E-state index in [4.69, 9.17) is 9.84 Å². The fourth-order valence-electron chi connectivity index (χ4n) is 6.36. The molecule has 1 atom stereocenters. The predicted molar refractivity (Wildman–Crippen MR) is 190 cm³/mol. The molecule has 0 aromatic heterocycles. The van der Waals surface area contributed by atoms with E-state index in [1.165, 1.54) is 161 Å². The van der Waals surface area contributed by atoms with Crippen LogP contribution in [-0.2, 0) is 14.3 Å². The lowest BCUT2D eigenvalue weighted by atomic mass is 10.0. The summed E-state index contributed by atoms with van der Waals surface area (Å²) in [7, 11) is 0. The van der Waals surface area contributed by atoms with Gasteiger partial charge in [0.1, 0.15) is 6.10 Å². The van der Waals surface area contributed by atoms with Crippen molar-refractivity contribution in [1.82, 2.24) is 0 Å². The highest BCUT2D eigenvalue weighted by molar-refractivity contribution is 5.69. The van der Waals surface area contributed by atoms with Gasteiger partial charge in [0.25, 0.3) is 0 Å². The lowest BCUT2D eigenvalue weighted by Gasteiger charge is -2.18. The quantitative estimate of drug-likeness (QED) is 0.0553. The predicted octanol–water partition coefficient (Wildman–Crippen LogP) is 13.7. The minimum atomic E-state index is -0.684. The summed E-state index contributed by atoms with van der Waals surface area (Å²) in [5, 5.41) is 8.75. The normalized spacial score (nSPS) is 12.0. The second-order valence-electron chi connectivity index (χ2n) is 13.8. The van der Waals surface area contributed by atoms with Gasteiger partial charge in [-0.25, -0.2) is 0 Å². The first-order valence-electron chi connectivity index (χ1n) is 20.0. The number of carboxylic acid groups (broad SMARTS) is 1. The van der Waals surface area contributed by atoms with Crippen molar-refractivity contribution in [3.05, 3.63) is 0 Å². The Hall–Kier alpha value is -1.06. The van der Waals surface area contributed by atoms with Crippen molar-refractivity contribution in [2.45, 2.75) is 245 Å². The molecular formula is C40H78O4. The maximum absolute atomic E-state index is 12.6. The Morgan fingerprint density at radius 3 is 1.00 bits per heavy atom. The molecule has 0 fully saturated rings. The fourth-order valence-corrected chi connectivity index (χ4v) is 6.36. The number of ether oxygens (including phenoxy) is 1. The van der Waals surface area contributed by atoms with Crippen molar-refractivity contribution in [2.24, 2.45) is 0 Å². The second kappa shape index (κ2) is 36.4. The molecule has 0 amide bonds. The van der Waals surface area contributed by atoms with E-state index in [0.29, 0.717) is 12.8 Å². The van der Waals surface area contributed by atoms with Crippen molar-refractivity contribution in [2.75, 3.05) is 0 Å². The zero-order valence-corrected chi connectivity index (χ0v) is 30.0. The third-order valence-electron chi connectivity index (χ3n) is 9.33. The Bertz CT molecular complexity index is 590. The summed E-state index contributed by atoms with van der Waals surface area (Å²) >= 11 is 0. The lowest BCUT2D eigenvalue weighted by Crippen LogP contribution is -2.18. The average Bonchev–Trinajstić information content (AvgIpc) is 3.00. The molecule has 0 aliphatic carbocycles. The zero-order chi connectivity index (χ0) is 32.2. The standard InChI is InChI=1S/C40H78O4/c1-3-5-7-9-11-12-13-14-15-16-17-18-19-20-25-29-33-37-40(43)44-38(34-30-26-22-10-8-6-4-2)35-31-27-23-21-24-28-32-36-39(41)42/h38H,3-37H2,1-2H3,(H,41,42). The molecule has 1 unspecified atom stereocenters. The molecule has 4 nitrogen and oxygen atoms in total. The summed E-state index contributed by atoms with van der Waals surface area (Å²) in [6, 6.07) is 0. The van der Waals surface area contributed by atoms with Crippen LogP contribution in [0.4, 0.5) is 0 Å². The highest BCUT2D eigenvalue weighted by Crippen LogP contribution is 2.19. The molecule has 0 radical (unpaired) electrons. The second-order valence-corrected chi connectivity index (χ2v) is 13.8. The van der Waals surface area contributed by atoms with Gasteiger partial charge in [-0.2, -0.15) is 0 Å². The van der Waals surface area contributed by atoms with Crippen LogP contribution in [-0.4, -0.2) is 23.1 Å². The van der Waals surface area contributed by atoms with Crippen molar-refractivity contribution >= 4 is 11.9 Å². The molecule has 4 heteroatoms. The third kappa shape index (κ3) is 35.4. The van der Waals surface area contributed by atoms with E-state index in [9.17, 15) is 9.59 Å². The summed E-state index contributed by atoms with van der Waals surface area (Å²) in [4.78, 5) is 23.3. The van der Waals surface area contributed by atoms with Crippen molar-refractivity contribution in [3.63, 3.8) is 0 Å². The summed E-state index contributed by atoms with van der Waals surface area (Å²) in [5.41, 5.74) is 0. The lowest BCUT2D eigenvalue weighted by molar-refractivity contribution is -0.150. The molecule has 0 saturated heterocycles. The number of unbranched alkanes of at least 4 members (excludes halogenated alkanes) is 28. The molecule has 0 aromatic carbocycles. The van der Waals surface area contributed by atoms with E-state index in [1.807, 2.05) is 0 Å². The Labute approximate surface area is 275 Å². The van der Waals surface area contributed by atoms with E-state index in [2.05, 4.69) is 13.8 Å². The van der Waals surface area contributed by atoms with Crippen LogP contribution in [0.25, 0.3) is 0 Å². The van der Waals surface area contributed by atoms with Gasteiger partial charge in [0, 0.05) is 12.8 Å². The smallest absolute Gasteiger partial charge is 0.306 e. The van der Waals surface area contributed by atoms with Gasteiger partial charge in [-0.05, 0) is 38.5 Å². The number of hydrogen-bond acceptors (Lipinski definition) is 3. The highest BCUT2D eigenvalue weighted by atomic mass is 16.5. The summed E-state index contributed by atoms with van der Waals surface area (Å²) in [6.07, 6.45) is 42.7. The monoisotopic (exact) mass is 623 g/mol. The Morgan fingerprint density at radius 2 is 0.682 bits per heavy atom. The van der Waals surface area contributed by atoms with Crippen LogP contribution in [0.5, 0.6) is 0 Å². The molecule has 0 heterocycles. The van der Waals surface area contributed by atoms with Crippen LogP contribution in [0.15, 0.2) is 0 Å². The number of hydrogen-bond donors (Lipinski definition) is 1. The summed E-state index contributed by atoms with van der Waals surface area (Å²) < 4.78 is 6.01. The minimum absolute atomic E-state index is 0.0253. The van der Waals surface area contributed by atoms with E-state index >= 15 is 0 Å². The Balaban J connectivity index is 3.87. The van der Waals surface area contributed by atoms with E-state index in [1.54, 1.807) is 0 Å². The van der Waals surface area contributed by atoms with Crippen LogP contribution in [0.2, 0.25) is 0 Å². The molecule has 0 rings (SSSR count). The number of aliphatic carboxylic acids is 1. The maximum atomic E-state index is 12.6. The van der Waals surface area contributed by atoms with E-state index in [0.717, 1.165) is 51.4 Å². The highest BCUT2D eigenvalue weighted by Gasteiger charge is 2.14. The van der Waals surface area contributed by atoms with Gasteiger partial charge in [0.15, 0.2) is 0 Å². The zero-order valence-electron chi connectivity index (χ0n) is 30.0. The van der Waals surface area contributed by atoms with Crippen molar-refractivity contribution in [1.29, 1.82) is 0 Å². The van der Waals surface area contributed by atoms with Crippen molar-refractivity contribution < 1.29 is 19.4 Å². The topological polar surface area (TPSA) is 63.6 Å². The van der Waals surface area contributed by atoms with E-state index in [-0.39, 0.29) is 12.1 Å². The van der Waals surface area contributed by atoms with Crippen LogP contribution >= 0.6 is 0 Å². The molecule has 44 heavy (non-hydrogen) atoms. The first kappa shape index (κ1) is 42.9. The number of rotatable bonds is 37. The molecule has 262 valence electrons. The van der Waals surface area contributed by atoms with Gasteiger partial charge in [-0.3, -0.25) is 9.59 Å². The van der Waals surface area contributed by atoms with E-state index < -0.39 is 5.97 Å². The van der Waals surface area contributed by atoms with Gasteiger partial charge < -0.3 is 9.84 Å². The molecule has 0 aliphatic heterocycles. The van der Waals surface area contributed by atoms with Gasteiger partial charge in [0.2, 0.25) is 0 Å². The maximum Gasteiger partial charge on any atom is 0.306 e. The first-order valence-corrected chi connectivity index (χ1v) is 20.0. The van der Waals surface area contributed by atoms with Gasteiger partial charge >= 0.3 is 11.9 Å². The third-order valence-corrected chi connectivity index (χ3v) is 9.33. The van der Waals surface area contributed by atoms with Crippen LogP contribution in [0, 0.1) is 0 Å². The Kier molecular flexibility index (Phi) is 35.5. The molecule has 0 aliphatic rings.